The van der Waals surface area contributed by atoms with Crippen LogP contribution in [0.25, 0.3) is 0 Å². The number of para-hydroxylation sites is 1. The second kappa shape index (κ2) is 4.90. The Balaban J connectivity index is 1.72. The number of benzene rings is 1. The maximum Gasteiger partial charge on any atom is 0.0373 e. The number of anilines is 1. The van der Waals surface area contributed by atoms with Gasteiger partial charge < -0.3 is 10.2 Å². The molecule has 0 bridgehead atoms. The van der Waals surface area contributed by atoms with Crippen molar-refractivity contribution < 1.29 is 0 Å². The SMILES string of the molecule is CC1CN(C)CCN1C1CNc2ccccc2C1. The average Bonchev–Trinajstić information content (AvgIpc) is 2.38. The highest BCUT2D eigenvalue weighted by Crippen LogP contribution is 2.25. The van der Waals surface area contributed by atoms with Crippen molar-refractivity contribution in [2.45, 2.75) is 25.4 Å². The average molecular weight is 245 g/mol. The lowest BCUT2D eigenvalue weighted by molar-refractivity contribution is 0.0644. The Morgan fingerprint density at radius 1 is 1.22 bits per heavy atom. The third kappa shape index (κ3) is 2.25. The first-order valence-corrected chi connectivity index (χ1v) is 7.00. The van der Waals surface area contributed by atoms with Crippen molar-refractivity contribution in [2.24, 2.45) is 0 Å². The van der Waals surface area contributed by atoms with Crippen LogP contribution in [-0.4, -0.2) is 55.1 Å². The summed E-state index contributed by atoms with van der Waals surface area (Å²) in [4.78, 5) is 5.12. The van der Waals surface area contributed by atoms with Crippen LogP contribution in [0.5, 0.6) is 0 Å². The van der Waals surface area contributed by atoms with Gasteiger partial charge in [-0.1, -0.05) is 18.2 Å². The molecule has 2 atom stereocenters. The van der Waals surface area contributed by atoms with Crippen LogP contribution in [0.1, 0.15) is 12.5 Å². The molecule has 0 aliphatic carbocycles. The Labute approximate surface area is 110 Å². The maximum absolute atomic E-state index is 3.59. The van der Waals surface area contributed by atoms with E-state index in [-0.39, 0.29) is 0 Å². The number of nitrogens with one attached hydrogen (secondary N) is 1. The predicted molar refractivity (Wildman–Crippen MR) is 76.1 cm³/mol. The fourth-order valence-electron chi connectivity index (χ4n) is 3.36. The second-order valence-electron chi connectivity index (χ2n) is 5.75. The summed E-state index contributed by atoms with van der Waals surface area (Å²) >= 11 is 0. The molecule has 1 fully saturated rings. The molecule has 2 heterocycles. The Morgan fingerprint density at radius 2 is 2.06 bits per heavy atom. The Kier molecular flexibility index (Phi) is 3.27. The molecule has 3 heteroatoms. The first-order chi connectivity index (χ1) is 8.74. The number of piperazine rings is 1. The van der Waals surface area contributed by atoms with E-state index in [4.69, 9.17) is 0 Å². The minimum absolute atomic E-state index is 0.656. The standard InChI is InChI=1S/C15H23N3/c1-12-11-17(2)7-8-18(12)14-9-13-5-3-4-6-15(13)16-10-14/h3-6,12,14,16H,7-11H2,1-2H3. The zero-order valence-corrected chi connectivity index (χ0v) is 11.4. The summed E-state index contributed by atoms with van der Waals surface area (Å²) < 4.78 is 0. The fourth-order valence-corrected chi connectivity index (χ4v) is 3.36. The summed E-state index contributed by atoms with van der Waals surface area (Å²) in [7, 11) is 2.22. The van der Waals surface area contributed by atoms with Gasteiger partial charge in [-0.25, -0.2) is 0 Å². The van der Waals surface area contributed by atoms with Gasteiger partial charge in [0, 0.05) is 44.0 Å². The van der Waals surface area contributed by atoms with E-state index in [1.54, 1.807) is 0 Å². The van der Waals surface area contributed by atoms with Crippen molar-refractivity contribution >= 4 is 5.69 Å². The van der Waals surface area contributed by atoms with Crippen LogP contribution in [0, 0.1) is 0 Å². The number of likely N-dealkylation sites (N-methyl/N-ethyl adjacent to an activating group) is 1. The van der Waals surface area contributed by atoms with Gasteiger partial charge in [0.1, 0.15) is 0 Å². The van der Waals surface area contributed by atoms with Crippen LogP contribution in [0.4, 0.5) is 5.69 Å². The van der Waals surface area contributed by atoms with E-state index in [1.165, 1.54) is 37.3 Å². The molecule has 1 aromatic carbocycles. The zero-order chi connectivity index (χ0) is 12.5. The number of hydrogen-bond donors (Lipinski definition) is 1. The number of nitrogens with zero attached hydrogens (tertiary/aromatic N) is 2. The van der Waals surface area contributed by atoms with Gasteiger partial charge in [-0.3, -0.25) is 4.90 Å². The minimum Gasteiger partial charge on any atom is -0.383 e. The Hall–Kier alpha value is -1.06. The summed E-state index contributed by atoms with van der Waals surface area (Å²) in [6.07, 6.45) is 1.19. The number of fused-ring (bicyclic) bond motifs is 1. The lowest BCUT2D eigenvalue weighted by Crippen LogP contribution is -2.57. The van der Waals surface area contributed by atoms with Crippen molar-refractivity contribution in [3.63, 3.8) is 0 Å². The second-order valence-corrected chi connectivity index (χ2v) is 5.75. The van der Waals surface area contributed by atoms with E-state index < -0.39 is 0 Å². The largest absolute Gasteiger partial charge is 0.383 e. The van der Waals surface area contributed by atoms with Gasteiger partial charge in [-0.2, -0.15) is 0 Å². The van der Waals surface area contributed by atoms with Crippen molar-refractivity contribution in [1.29, 1.82) is 0 Å². The van der Waals surface area contributed by atoms with E-state index in [2.05, 4.69) is 53.4 Å². The third-order valence-electron chi connectivity index (χ3n) is 4.35. The molecule has 0 saturated carbocycles. The fraction of sp³-hybridized carbons (Fsp3) is 0.600. The molecule has 3 rings (SSSR count). The molecule has 1 aromatic rings. The molecular weight excluding hydrogens is 222 g/mol. The highest BCUT2D eigenvalue weighted by Gasteiger charge is 2.30. The molecule has 1 saturated heterocycles. The van der Waals surface area contributed by atoms with E-state index >= 15 is 0 Å². The van der Waals surface area contributed by atoms with Gasteiger partial charge in [0.15, 0.2) is 0 Å². The predicted octanol–water partition coefficient (Wildman–Crippen LogP) is 1.66. The summed E-state index contributed by atoms with van der Waals surface area (Å²) in [6, 6.07) is 10.0. The van der Waals surface area contributed by atoms with Crippen molar-refractivity contribution in [3.05, 3.63) is 29.8 Å². The van der Waals surface area contributed by atoms with Crippen LogP contribution >= 0.6 is 0 Å². The summed E-state index contributed by atoms with van der Waals surface area (Å²) in [5, 5.41) is 3.59. The zero-order valence-electron chi connectivity index (χ0n) is 11.4. The molecule has 0 amide bonds. The van der Waals surface area contributed by atoms with Gasteiger partial charge in [0.05, 0.1) is 0 Å². The summed E-state index contributed by atoms with van der Waals surface area (Å²) in [5.41, 5.74) is 2.80. The monoisotopic (exact) mass is 245 g/mol. The number of rotatable bonds is 1. The minimum atomic E-state index is 0.656. The van der Waals surface area contributed by atoms with E-state index in [9.17, 15) is 0 Å². The van der Waals surface area contributed by atoms with Crippen LogP contribution in [0.15, 0.2) is 24.3 Å². The van der Waals surface area contributed by atoms with Gasteiger partial charge in [-0.15, -0.1) is 0 Å². The highest BCUT2D eigenvalue weighted by molar-refractivity contribution is 5.53. The van der Waals surface area contributed by atoms with Gasteiger partial charge in [-0.05, 0) is 32.0 Å². The van der Waals surface area contributed by atoms with Crippen molar-refractivity contribution in [3.8, 4) is 0 Å². The van der Waals surface area contributed by atoms with Crippen molar-refractivity contribution in [2.75, 3.05) is 38.5 Å². The summed E-state index contributed by atoms with van der Waals surface area (Å²) in [5.74, 6) is 0. The molecule has 1 N–H and O–H groups in total. The molecule has 98 valence electrons. The molecule has 18 heavy (non-hydrogen) atoms. The van der Waals surface area contributed by atoms with E-state index in [0.717, 1.165) is 6.54 Å². The molecular formula is C15H23N3. The molecule has 3 nitrogen and oxygen atoms in total. The van der Waals surface area contributed by atoms with E-state index in [1.807, 2.05) is 0 Å². The van der Waals surface area contributed by atoms with Gasteiger partial charge in [0.2, 0.25) is 0 Å². The van der Waals surface area contributed by atoms with Crippen molar-refractivity contribution in [1.82, 2.24) is 9.80 Å². The third-order valence-corrected chi connectivity index (χ3v) is 4.35. The lowest BCUT2D eigenvalue weighted by Gasteiger charge is -2.44. The molecule has 0 aromatic heterocycles. The molecule has 2 aliphatic heterocycles. The van der Waals surface area contributed by atoms with Crippen LogP contribution in [0.3, 0.4) is 0 Å². The first-order valence-electron chi connectivity index (χ1n) is 7.00. The topological polar surface area (TPSA) is 18.5 Å². The molecule has 2 aliphatic rings. The van der Waals surface area contributed by atoms with E-state index in [0.29, 0.717) is 12.1 Å². The van der Waals surface area contributed by atoms with Crippen LogP contribution in [0.2, 0.25) is 0 Å². The van der Waals surface area contributed by atoms with Gasteiger partial charge in [0.25, 0.3) is 0 Å². The summed E-state index contributed by atoms with van der Waals surface area (Å²) in [6.45, 7) is 7.04. The Morgan fingerprint density at radius 3 is 2.89 bits per heavy atom. The molecule has 2 unspecified atom stereocenters. The highest BCUT2D eigenvalue weighted by atomic mass is 15.3. The van der Waals surface area contributed by atoms with Gasteiger partial charge >= 0.3 is 0 Å². The number of hydrogen-bond acceptors (Lipinski definition) is 3. The smallest absolute Gasteiger partial charge is 0.0373 e. The normalized spacial score (nSPS) is 29.7. The molecule has 0 spiro atoms. The first kappa shape index (κ1) is 12.0. The molecule has 0 radical (unpaired) electrons. The lowest BCUT2D eigenvalue weighted by atomic mass is 9.97. The van der Waals surface area contributed by atoms with Crippen LogP contribution < -0.4 is 5.32 Å². The Bertz CT molecular complexity index is 418. The maximum atomic E-state index is 3.59. The quantitative estimate of drug-likeness (QED) is 0.812. The van der Waals surface area contributed by atoms with Crippen LogP contribution in [-0.2, 0) is 6.42 Å².